The van der Waals surface area contributed by atoms with Crippen LogP contribution >= 0.6 is 0 Å². The number of para-hydroxylation sites is 2. The highest BCUT2D eigenvalue weighted by molar-refractivity contribution is 6.00. The van der Waals surface area contributed by atoms with E-state index in [4.69, 9.17) is 4.74 Å². The Kier molecular flexibility index (Phi) is 5.59. The third-order valence-electron chi connectivity index (χ3n) is 5.13. The van der Waals surface area contributed by atoms with Crippen LogP contribution in [0.3, 0.4) is 0 Å². The second-order valence-electron chi connectivity index (χ2n) is 7.04. The molecule has 1 aliphatic heterocycles. The SMILES string of the molecule is CCOc1ccccc1C1CC(C(=O)N/N=C/c2c(C)[nH]c3ccccc23)NN1. The molecule has 0 spiro atoms. The number of amides is 1. The van der Waals surface area contributed by atoms with Crippen LogP contribution in [0.2, 0.25) is 0 Å². The van der Waals surface area contributed by atoms with Crippen molar-refractivity contribution in [3.8, 4) is 5.75 Å². The maximum Gasteiger partial charge on any atom is 0.258 e. The Morgan fingerprint density at radius 3 is 2.86 bits per heavy atom. The summed E-state index contributed by atoms with van der Waals surface area (Å²) in [5.41, 5.74) is 13.0. The Morgan fingerprint density at radius 2 is 2.00 bits per heavy atom. The number of nitrogens with one attached hydrogen (secondary N) is 4. The highest BCUT2D eigenvalue weighted by Gasteiger charge is 2.31. The van der Waals surface area contributed by atoms with Crippen LogP contribution in [0.15, 0.2) is 53.6 Å². The van der Waals surface area contributed by atoms with Gasteiger partial charge in [-0.2, -0.15) is 5.10 Å². The van der Waals surface area contributed by atoms with E-state index < -0.39 is 0 Å². The van der Waals surface area contributed by atoms with Crippen molar-refractivity contribution in [1.29, 1.82) is 0 Å². The van der Waals surface area contributed by atoms with E-state index in [0.29, 0.717) is 13.0 Å². The van der Waals surface area contributed by atoms with E-state index >= 15 is 0 Å². The van der Waals surface area contributed by atoms with Gasteiger partial charge in [0.05, 0.1) is 18.9 Å². The van der Waals surface area contributed by atoms with Gasteiger partial charge < -0.3 is 9.72 Å². The number of hydrazine groups is 1. The lowest BCUT2D eigenvalue weighted by atomic mass is 10.0. The fourth-order valence-corrected chi connectivity index (χ4v) is 3.69. The second kappa shape index (κ2) is 8.46. The average Bonchev–Trinajstić information content (AvgIpc) is 3.34. The van der Waals surface area contributed by atoms with Gasteiger partial charge >= 0.3 is 0 Å². The predicted molar refractivity (Wildman–Crippen MR) is 114 cm³/mol. The van der Waals surface area contributed by atoms with E-state index in [2.05, 4.69) is 26.4 Å². The number of benzene rings is 2. The number of ether oxygens (including phenoxy) is 1. The number of nitrogens with zero attached hydrogens (tertiary/aromatic N) is 1. The van der Waals surface area contributed by atoms with Crippen molar-refractivity contribution >= 4 is 23.0 Å². The number of aromatic amines is 1. The number of hydrogen-bond donors (Lipinski definition) is 4. The van der Waals surface area contributed by atoms with E-state index in [1.54, 1.807) is 6.21 Å². The first kappa shape index (κ1) is 19.2. The molecule has 0 bridgehead atoms. The fourth-order valence-electron chi connectivity index (χ4n) is 3.69. The molecule has 1 aromatic heterocycles. The Bertz CT molecular complexity index is 1040. The van der Waals surface area contributed by atoms with Gasteiger partial charge in [-0.25, -0.2) is 16.3 Å². The van der Waals surface area contributed by atoms with Gasteiger partial charge in [-0.3, -0.25) is 4.79 Å². The Balaban J connectivity index is 1.40. The van der Waals surface area contributed by atoms with Crippen molar-refractivity contribution < 1.29 is 9.53 Å². The maximum absolute atomic E-state index is 12.5. The summed E-state index contributed by atoms with van der Waals surface area (Å²) in [4.78, 5) is 15.9. The average molecular weight is 391 g/mol. The molecule has 29 heavy (non-hydrogen) atoms. The molecule has 1 saturated heterocycles. The number of rotatable bonds is 6. The molecule has 1 aliphatic rings. The van der Waals surface area contributed by atoms with E-state index in [9.17, 15) is 4.79 Å². The molecule has 3 aromatic rings. The summed E-state index contributed by atoms with van der Waals surface area (Å²) in [5.74, 6) is 0.658. The zero-order valence-corrected chi connectivity index (χ0v) is 16.5. The van der Waals surface area contributed by atoms with E-state index in [0.717, 1.165) is 33.5 Å². The molecule has 0 radical (unpaired) electrons. The summed E-state index contributed by atoms with van der Waals surface area (Å²) in [6, 6.07) is 15.5. The smallest absolute Gasteiger partial charge is 0.258 e. The number of hydrogen-bond acceptors (Lipinski definition) is 5. The van der Waals surface area contributed by atoms with Gasteiger partial charge in [0.15, 0.2) is 0 Å². The summed E-state index contributed by atoms with van der Waals surface area (Å²) in [7, 11) is 0. The first-order chi connectivity index (χ1) is 14.2. The molecule has 7 heteroatoms. The quantitative estimate of drug-likeness (QED) is 0.384. The molecule has 0 aliphatic carbocycles. The fraction of sp³-hybridized carbons (Fsp3) is 0.273. The molecule has 2 atom stereocenters. The number of fused-ring (bicyclic) bond motifs is 1. The Hall–Kier alpha value is -3.16. The van der Waals surface area contributed by atoms with Gasteiger partial charge in [0, 0.05) is 27.7 Å². The molecule has 2 unspecified atom stereocenters. The van der Waals surface area contributed by atoms with Crippen molar-refractivity contribution in [3.05, 3.63) is 65.4 Å². The number of carbonyl (C=O) groups is 1. The van der Waals surface area contributed by atoms with Crippen LogP contribution in [0.25, 0.3) is 10.9 Å². The Morgan fingerprint density at radius 1 is 1.21 bits per heavy atom. The highest BCUT2D eigenvalue weighted by atomic mass is 16.5. The number of H-pyrrole nitrogens is 1. The molecule has 2 aromatic carbocycles. The number of carbonyl (C=O) groups excluding carboxylic acids is 1. The molecule has 1 amide bonds. The van der Waals surface area contributed by atoms with Crippen molar-refractivity contribution in [2.75, 3.05) is 6.61 Å². The molecular formula is C22H25N5O2. The molecule has 4 N–H and O–H groups in total. The summed E-state index contributed by atoms with van der Waals surface area (Å²) >= 11 is 0. The van der Waals surface area contributed by atoms with Crippen LogP contribution in [0.5, 0.6) is 5.75 Å². The predicted octanol–water partition coefficient (Wildman–Crippen LogP) is 2.93. The van der Waals surface area contributed by atoms with Gasteiger partial charge in [-0.15, -0.1) is 0 Å². The van der Waals surface area contributed by atoms with Gasteiger partial charge in [-0.05, 0) is 32.4 Å². The summed E-state index contributed by atoms with van der Waals surface area (Å²) in [6.07, 6.45) is 2.30. The first-order valence-electron chi connectivity index (χ1n) is 9.80. The van der Waals surface area contributed by atoms with Crippen molar-refractivity contribution in [2.45, 2.75) is 32.4 Å². The molecule has 1 fully saturated rings. The topological polar surface area (TPSA) is 90.5 Å². The zero-order chi connectivity index (χ0) is 20.2. The molecule has 0 saturated carbocycles. The second-order valence-corrected chi connectivity index (χ2v) is 7.04. The zero-order valence-electron chi connectivity index (χ0n) is 16.5. The van der Waals surface area contributed by atoms with E-state index in [-0.39, 0.29) is 18.0 Å². The first-order valence-corrected chi connectivity index (χ1v) is 9.80. The van der Waals surface area contributed by atoms with Gasteiger partial charge in [-0.1, -0.05) is 36.4 Å². The van der Waals surface area contributed by atoms with Crippen LogP contribution in [0, 0.1) is 6.92 Å². The van der Waals surface area contributed by atoms with E-state index in [1.807, 2.05) is 62.4 Å². The van der Waals surface area contributed by atoms with Gasteiger partial charge in [0.2, 0.25) is 0 Å². The Labute approximate surface area is 169 Å². The summed E-state index contributed by atoms with van der Waals surface area (Å²) in [6.45, 7) is 4.55. The van der Waals surface area contributed by atoms with Crippen LogP contribution in [-0.2, 0) is 4.79 Å². The van der Waals surface area contributed by atoms with Crippen LogP contribution in [0.1, 0.15) is 36.2 Å². The highest BCUT2D eigenvalue weighted by Crippen LogP contribution is 2.30. The van der Waals surface area contributed by atoms with Crippen molar-refractivity contribution in [1.82, 2.24) is 21.3 Å². The van der Waals surface area contributed by atoms with Gasteiger partial charge in [0.1, 0.15) is 11.8 Å². The normalized spacial score (nSPS) is 19.1. The third-order valence-corrected chi connectivity index (χ3v) is 5.13. The summed E-state index contributed by atoms with van der Waals surface area (Å²) < 4.78 is 5.70. The van der Waals surface area contributed by atoms with Gasteiger partial charge in [0.25, 0.3) is 5.91 Å². The standard InChI is InChI=1S/C22H25N5O2/c1-3-29-21-11-7-5-9-16(21)19-12-20(26-25-19)22(28)27-23-13-17-14(2)24-18-10-6-4-8-15(17)18/h4-11,13,19-20,24-26H,3,12H2,1-2H3,(H,27,28)/b23-13+. The minimum absolute atomic E-state index is 0.00617. The number of aromatic nitrogens is 1. The molecule has 7 nitrogen and oxygen atoms in total. The summed E-state index contributed by atoms with van der Waals surface area (Å²) in [5, 5.41) is 5.26. The van der Waals surface area contributed by atoms with Crippen LogP contribution < -0.4 is 21.0 Å². The molecule has 150 valence electrons. The number of aryl methyl sites for hydroxylation is 1. The lowest BCUT2D eigenvalue weighted by Gasteiger charge is -2.15. The molecular weight excluding hydrogens is 366 g/mol. The largest absolute Gasteiger partial charge is 0.494 e. The lowest BCUT2D eigenvalue weighted by Crippen LogP contribution is -2.41. The van der Waals surface area contributed by atoms with Crippen molar-refractivity contribution in [2.24, 2.45) is 5.10 Å². The monoisotopic (exact) mass is 391 g/mol. The van der Waals surface area contributed by atoms with Crippen molar-refractivity contribution in [3.63, 3.8) is 0 Å². The van der Waals surface area contributed by atoms with Crippen LogP contribution in [-0.4, -0.2) is 29.8 Å². The maximum atomic E-state index is 12.5. The minimum atomic E-state index is -0.379. The number of hydrazone groups is 1. The van der Waals surface area contributed by atoms with E-state index in [1.165, 1.54) is 0 Å². The molecule has 4 rings (SSSR count). The minimum Gasteiger partial charge on any atom is -0.494 e. The van der Waals surface area contributed by atoms with Crippen LogP contribution in [0.4, 0.5) is 0 Å². The third kappa shape index (κ3) is 4.01. The molecule has 2 heterocycles. The lowest BCUT2D eigenvalue weighted by molar-refractivity contribution is -0.122.